The van der Waals surface area contributed by atoms with Crippen LogP contribution < -0.4 is 4.74 Å². The lowest BCUT2D eigenvalue weighted by Crippen LogP contribution is -2.32. The molecule has 0 bridgehead atoms. The highest BCUT2D eigenvalue weighted by molar-refractivity contribution is 8.18. The summed E-state index contributed by atoms with van der Waals surface area (Å²) in [6, 6.07) is 18.9. The molecule has 182 valence electrons. The van der Waals surface area contributed by atoms with Gasteiger partial charge in [-0.25, -0.2) is 4.39 Å². The highest BCUT2D eigenvalue weighted by atomic mass is 35.5. The van der Waals surface area contributed by atoms with E-state index in [2.05, 4.69) is 0 Å². The molecule has 1 fully saturated rings. The van der Waals surface area contributed by atoms with E-state index in [-0.39, 0.29) is 24.3 Å². The van der Waals surface area contributed by atoms with Gasteiger partial charge in [0.15, 0.2) is 0 Å². The highest BCUT2D eigenvalue weighted by Crippen LogP contribution is 2.34. The summed E-state index contributed by atoms with van der Waals surface area (Å²) in [6.45, 7) is 0.733. The second-order valence-electron chi connectivity index (χ2n) is 8.10. The topological polar surface area (TPSA) is 51.5 Å². The minimum atomic E-state index is -0.393. The fourth-order valence-corrected chi connectivity index (χ4v) is 5.18. The molecular weight excluding hydrogens is 522 g/mol. The number of hydrogen-bond donors (Lipinski definition) is 0. The van der Waals surface area contributed by atoms with Crippen LogP contribution in [-0.2, 0) is 11.3 Å². The maximum Gasteiger partial charge on any atom is 0.293 e. The molecular formula is C27H19Cl2FN2O3S. The summed E-state index contributed by atoms with van der Waals surface area (Å²) < 4.78 is 21.1. The number of carbonyl (C=O) groups excluding carboxylic acids is 2. The predicted molar refractivity (Wildman–Crippen MR) is 142 cm³/mol. The van der Waals surface area contributed by atoms with Crippen molar-refractivity contribution in [2.45, 2.75) is 6.54 Å². The Morgan fingerprint density at radius 2 is 1.78 bits per heavy atom. The molecule has 4 aromatic rings. The maximum absolute atomic E-state index is 13.5. The lowest BCUT2D eigenvalue weighted by atomic mass is 10.1. The van der Waals surface area contributed by atoms with Crippen molar-refractivity contribution < 1.29 is 18.7 Å². The first-order valence-corrected chi connectivity index (χ1v) is 12.6. The Kier molecular flexibility index (Phi) is 7.05. The van der Waals surface area contributed by atoms with Crippen molar-refractivity contribution in [1.29, 1.82) is 0 Å². The molecule has 1 aliphatic heterocycles. The molecule has 0 N–H and O–H groups in total. The van der Waals surface area contributed by atoms with Crippen molar-refractivity contribution in [3.8, 4) is 5.75 Å². The van der Waals surface area contributed by atoms with Crippen molar-refractivity contribution in [3.05, 3.63) is 105 Å². The van der Waals surface area contributed by atoms with Gasteiger partial charge >= 0.3 is 0 Å². The number of benzene rings is 3. The third kappa shape index (κ3) is 5.14. The average Bonchev–Trinajstić information content (AvgIpc) is 3.34. The Morgan fingerprint density at radius 1 is 1.00 bits per heavy atom. The Hall–Kier alpha value is -3.26. The molecule has 1 aromatic heterocycles. The first-order chi connectivity index (χ1) is 17.4. The Morgan fingerprint density at radius 3 is 2.56 bits per heavy atom. The summed E-state index contributed by atoms with van der Waals surface area (Å²) in [4.78, 5) is 27.1. The van der Waals surface area contributed by atoms with Gasteiger partial charge in [0.05, 0.1) is 11.4 Å². The zero-order valence-electron chi connectivity index (χ0n) is 18.8. The van der Waals surface area contributed by atoms with Crippen LogP contribution in [0.25, 0.3) is 17.0 Å². The van der Waals surface area contributed by atoms with Crippen LogP contribution in [0.15, 0.2) is 77.8 Å². The Balaban J connectivity index is 1.35. The number of carbonyl (C=O) groups is 2. The number of thioether (sulfide) groups is 1. The van der Waals surface area contributed by atoms with E-state index < -0.39 is 5.82 Å². The van der Waals surface area contributed by atoms with Crippen LogP contribution in [0.4, 0.5) is 9.18 Å². The molecule has 0 radical (unpaired) electrons. The average molecular weight is 541 g/mol. The zero-order chi connectivity index (χ0) is 25.2. The number of imide groups is 1. The number of aromatic nitrogens is 1. The third-order valence-electron chi connectivity index (χ3n) is 5.73. The van der Waals surface area contributed by atoms with Gasteiger partial charge in [0, 0.05) is 39.3 Å². The van der Waals surface area contributed by atoms with Crippen LogP contribution in [0.1, 0.15) is 11.1 Å². The summed E-state index contributed by atoms with van der Waals surface area (Å²) in [5.41, 5.74) is 2.50. The van der Waals surface area contributed by atoms with Crippen molar-refractivity contribution in [2.24, 2.45) is 0 Å². The number of halogens is 3. The molecule has 3 aromatic carbocycles. The molecule has 0 spiro atoms. The van der Waals surface area contributed by atoms with Crippen molar-refractivity contribution >= 4 is 63.1 Å². The molecule has 36 heavy (non-hydrogen) atoms. The summed E-state index contributed by atoms with van der Waals surface area (Å²) in [7, 11) is 0. The number of rotatable bonds is 7. The zero-order valence-corrected chi connectivity index (χ0v) is 21.1. The molecule has 0 aliphatic carbocycles. The third-order valence-corrected chi connectivity index (χ3v) is 7.24. The number of amides is 2. The Bertz CT molecular complexity index is 1500. The van der Waals surface area contributed by atoms with Crippen LogP contribution in [-0.4, -0.2) is 33.8 Å². The molecule has 0 unspecified atom stereocenters. The largest absolute Gasteiger partial charge is 0.492 e. The quantitative estimate of drug-likeness (QED) is 0.231. The highest BCUT2D eigenvalue weighted by Gasteiger charge is 2.35. The fourth-order valence-electron chi connectivity index (χ4n) is 3.97. The van der Waals surface area contributed by atoms with Crippen LogP contribution in [0.2, 0.25) is 10.0 Å². The minimum Gasteiger partial charge on any atom is -0.492 e. The SMILES string of the molecule is O=C1S/C(=C\c2cn(Cc3ccc(F)cc3Cl)c3ccccc23)C(=O)N1CCOc1ccc(Cl)cc1. The van der Waals surface area contributed by atoms with E-state index in [0.717, 1.165) is 33.8 Å². The number of fused-ring (bicyclic) bond motifs is 1. The van der Waals surface area contributed by atoms with Gasteiger partial charge in [-0.05, 0) is 65.9 Å². The monoisotopic (exact) mass is 540 g/mol. The van der Waals surface area contributed by atoms with Crippen LogP contribution in [0.5, 0.6) is 5.75 Å². The number of nitrogens with zero attached hydrogens (tertiary/aromatic N) is 2. The van der Waals surface area contributed by atoms with Gasteiger partial charge in [-0.15, -0.1) is 0 Å². The van der Waals surface area contributed by atoms with Crippen molar-refractivity contribution in [1.82, 2.24) is 9.47 Å². The van der Waals surface area contributed by atoms with E-state index in [4.69, 9.17) is 27.9 Å². The van der Waals surface area contributed by atoms with E-state index >= 15 is 0 Å². The van der Waals surface area contributed by atoms with E-state index in [1.54, 1.807) is 36.4 Å². The van der Waals surface area contributed by atoms with Crippen molar-refractivity contribution in [2.75, 3.05) is 13.2 Å². The molecule has 0 saturated carbocycles. The molecule has 5 nitrogen and oxygen atoms in total. The van der Waals surface area contributed by atoms with Gasteiger partial charge in [0.1, 0.15) is 18.2 Å². The second kappa shape index (κ2) is 10.4. The van der Waals surface area contributed by atoms with Gasteiger partial charge < -0.3 is 9.30 Å². The smallest absolute Gasteiger partial charge is 0.293 e. The lowest BCUT2D eigenvalue weighted by molar-refractivity contribution is -0.123. The minimum absolute atomic E-state index is 0.134. The molecule has 2 amide bonds. The van der Waals surface area contributed by atoms with Crippen LogP contribution in [0.3, 0.4) is 0 Å². The van der Waals surface area contributed by atoms with Crippen LogP contribution >= 0.6 is 35.0 Å². The lowest BCUT2D eigenvalue weighted by Gasteiger charge is -2.13. The van der Waals surface area contributed by atoms with Gasteiger partial charge in [-0.1, -0.05) is 47.5 Å². The number of para-hydroxylation sites is 1. The molecule has 2 heterocycles. The summed E-state index contributed by atoms with van der Waals surface area (Å²) in [5.74, 6) is -0.143. The summed E-state index contributed by atoms with van der Waals surface area (Å²) in [6.07, 6.45) is 3.64. The van der Waals surface area contributed by atoms with Gasteiger partial charge in [-0.2, -0.15) is 0 Å². The standard InChI is InChI=1S/C27H19Cl2FN2O3S/c28-19-6-9-21(10-7-19)35-12-11-32-26(33)25(36-27(32)34)13-18-16-31(24-4-2-1-3-22(18)24)15-17-5-8-20(30)14-23(17)29/h1-10,13-14,16H,11-12,15H2/b25-13-. The van der Waals surface area contributed by atoms with Gasteiger partial charge in [-0.3, -0.25) is 14.5 Å². The predicted octanol–water partition coefficient (Wildman–Crippen LogP) is 7.25. The second-order valence-corrected chi connectivity index (χ2v) is 9.94. The maximum atomic E-state index is 13.5. The molecule has 1 saturated heterocycles. The Labute approximate surface area is 221 Å². The first kappa shape index (κ1) is 24.4. The van der Waals surface area contributed by atoms with E-state index in [1.807, 2.05) is 35.0 Å². The van der Waals surface area contributed by atoms with E-state index in [0.29, 0.717) is 27.2 Å². The number of ether oxygens (including phenoxy) is 1. The van der Waals surface area contributed by atoms with Crippen LogP contribution in [0, 0.1) is 5.82 Å². The van der Waals surface area contributed by atoms with Crippen molar-refractivity contribution in [3.63, 3.8) is 0 Å². The number of hydrogen-bond acceptors (Lipinski definition) is 4. The molecule has 1 aliphatic rings. The molecule has 0 atom stereocenters. The molecule has 9 heteroatoms. The summed E-state index contributed by atoms with van der Waals surface area (Å²) >= 11 is 13.0. The van der Waals surface area contributed by atoms with E-state index in [1.165, 1.54) is 17.0 Å². The summed E-state index contributed by atoms with van der Waals surface area (Å²) in [5, 5.41) is 1.53. The van der Waals surface area contributed by atoms with Gasteiger partial charge in [0.2, 0.25) is 0 Å². The molecule has 5 rings (SSSR count). The fraction of sp³-hybridized carbons (Fsp3) is 0.111. The van der Waals surface area contributed by atoms with E-state index in [9.17, 15) is 14.0 Å². The first-order valence-electron chi connectivity index (χ1n) is 11.0. The normalized spacial score (nSPS) is 14.9. The van der Waals surface area contributed by atoms with Gasteiger partial charge in [0.25, 0.3) is 11.1 Å².